The van der Waals surface area contributed by atoms with Gasteiger partial charge in [0.25, 0.3) is 0 Å². The second-order valence-corrected chi connectivity index (χ2v) is 7.52. The van der Waals surface area contributed by atoms with Crippen LogP contribution in [0.4, 0.5) is 22.0 Å². The lowest BCUT2D eigenvalue weighted by molar-refractivity contribution is 0.443. The summed E-state index contributed by atoms with van der Waals surface area (Å²) in [5.74, 6) is 1.00. The van der Waals surface area contributed by atoms with E-state index in [0.717, 1.165) is 24.0 Å². The van der Waals surface area contributed by atoms with Gasteiger partial charge in [-0.25, -0.2) is 14.4 Å². The first-order valence-corrected chi connectivity index (χ1v) is 9.81. The molecule has 2 heterocycles. The van der Waals surface area contributed by atoms with Crippen LogP contribution in [0.3, 0.4) is 0 Å². The number of hydrogen-bond donors (Lipinski definition) is 2. The molecule has 140 valence electrons. The number of halogens is 1. The molecule has 0 bridgehead atoms. The Kier molecular flexibility index (Phi) is 4.14. The van der Waals surface area contributed by atoms with E-state index < -0.39 is 0 Å². The average Bonchev–Trinajstić information content (AvgIpc) is 3.27. The van der Waals surface area contributed by atoms with Gasteiger partial charge in [0, 0.05) is 12.1 Å². The van der Waals surface area contributed by atoms with Crippen molar-refractivity contribution in [2.24, 2.45) is 0 Å². The van der Waals surface area contributed by atoms with Crippen LogP contribution in [0.25, 0.3) is 11.2 Å². The van der Waals surface area contributed by atoms with E-state index in [1.807, 2.05) is 6.07 Å². The Hall–Kier alpha value is -2.70. The van der Waals surface area contributed by atoms with E-state index in [-0.39, 0.29) is 5.82 Å². The third kappa shape index (κ3) is 3.11. The number of anilines is 3. The predicted octanol–water partition coefficient (Wildman–Crippen LogP) is 4.79. The SMILES string of the molecule is Fc1ccccc1Nc1nc2cnc(NC3CCC3)nc2n1C1CCCC1. The highest BCUT2D eigenvalue weighted by molar-refractivity contribution is 5.76. The van der Waals surface area contributed by atoms with Crippen LogP contribution in [-0.4, -0.2) is 25.6 Å². The number of aromatic nitrogens is 4. The number of nitrogens with one attached hydrogen (secondary N) is 2. The molecule has 2 N–H and O–H groups in total. The van der Waals surface area contributed by atoms with Gasteiger partial charge in [-0.1, -0.05) is 25.0 Å². The normalized spacial score (nSPS) is 18.0. The van der Waals surface area contributed by atoms with E-state index in [1.165, 1.54) is 38.2 Å². The van der Waals surface area contributed by atoms with Crippen molar-refractivity contribution in [2.75, 3.05) is 10.6 Å². The molecule has 2 aliphatic carbocycles. The van der Waals surface area contributed by atoms with Crippen molar-refractivity contribution in [1.29, 1.82) is 0 Å². The lowest BCUT2D eigenvalue weighted by atomic mass is 9.93. The first kappa shape index (κ1) is 16.5. The molecule has 5 rings (SSSR count). The quantitative estimate of drug-likeness (QED) is 0.680. The maximum Gasteiger partial charge on any atom is 0.224 e. The van der Waals surface area contributed by atoms with Crippen molar-refractivity contribution in [3.63, 3.8) is 0 Å². The zero-order valence-electron chi connectivity index (χ0n) is 15.2. The lowest BCUT2D eigenvalue weighted by Crippen LogP contribution is -2.28. The van der Waals surface area contributed by atoms with Gasteiger partial charge in [0.05, 0.1) is 11.9 Å². The fourth-order valence-corrected chi connectivity index (χ4v) is 3.98. The van der Waals surface area contributed by atoms with Crippen molar-refractivity contribution >= 4 is 28.7 Å². The van der Waals surface area contributed by atoms with Gasteiger partial charge >= 0.3 is 0 Å². The monoisotopic (exact) mass is 366 g/mol. The molecule has 0 aliphatic heterocycles. The third-order valence-electron chi connectivity index (χ3n) is 5.68. The zero-order valence-corrected chi connectivity index (χ0v) is 15.2. The van der Waals surface area contributed by atoms with Crippen LogP contribution in [-0.2, 0) is 0 Å². The molecule has 0 atom stereocenters. The fraction of sp³-hybridized carbons (Fsp3) is 0.450. The molecule has 0 saturated heterocycles. The second kappa shape index (κ2) is 6.79. The van der Waals surface area contributed by atoms with E-state index in [2.05, 4.69) is 25.2 Å². The van der Waals surface area contributed by atoms with E-state index in [4.69, 9.17) is 4.98 Å². The number of rotatable bonds is 5. The van der Waals surface area contributed by atoms with Gasteiger partial charge in [0.2, 0.25) is 11.9 Å². The number of para-hydroxylation sites is 1. The Morgan fingerprint density at radius 1 is 1.00 bits per heavy atom. The van der Waals surface area contributed by atoms with Crippen LogP contribution in [0.1, 0.15) is 51.0 Å². The summed E-state index contributed by atoms with van der Waals surface area (Å²) in [5.41, 5.74) is 1.98. The molecule has 0 spiro atoms. The molecule has 0 radical (unpaired) electrons. The molecule has 3 aromatic rings. The van der Waals surface area contributed by atoms with Crippen molar-refractivity contribution in [1.82, 2.24) is 19.5 Å². The summed E-state index contributed by atoms with van der Waals surface area (Å²) in [5, 5.41) is 6.59. The van der Waals surface area contributed by atoms with E-state index in [9.17, 15) is 4.39 Å². The summed E-state index contributed by atoms with van der Waals surface area (Å²) in [6, 6.07) is 7.48. The van der Waals surface area contributed by atoms with Crippen LogP contribution in [0, 0.1) is 5.82 Å². The first-order chi connectivity index (χ1) is 13.3. The van der Waals surface area contributed by atoms with Crippen molar-refractivity contribution in [3.05, 3.63) is 36.3 Å². The molecule has 2 saturated carbocycles. The highest BCUT2D eigenvalue weighted by atomic mass is 19.1. The molecule has 2 aliphatic rings. The summed E-state index contributed by atoms with van der Waals surface area (Å²) in [6.07, 6.45) is 9.94. The number of benzene rings is 1. The molecular formula is C20H23FN6. The third-order valence-corrected chi connectivity index (χ3v) is 5.68. The Morgan fingerprint density at radius 3 is 2.56 bits per heavy atom. The molecular weight excluding hydrogens is 343 g/mol. The van der Waals surface area contributed by atoms with Crippen molar-refractivity contribution in [2.45, 2.75) is 57.0 Å². The van der Waals surface area contributed by atoms with Crippen LogP contribution >= 0.6 is 0 Å². The summed E-state index contributed by atoms with van der Waals surface area (Å²) >= 11 is 0. The zero-order chi connectivity index (χ0) is 18.2. The maximum absolute atomic E-state index is 14.2. The van der Waals surface area contributed by atoms with Gasteiger partial charge in [0.1, 0.15) is 11.3 Å². The Balaban J connectivity index is 1.56. The van der Waals surface area contributed by atoms with Crippen LogP contribution < -0.4 is 10.6 Å². The lowest BCUT2D eigenvalue weighted by Gasteiger charge is -2.26. The van der Waals surface area contributed by atoms with Crippen LogP contribution in [0.15, 0.2) is 30.5 Å². The highest BCUT2D eigenvalue weighted by Crippen LogP contribution is 2.36. The van der Waals surface area contributed by atoms with Crippen LogP contribution in [0.5, 0.6) is 0 Å². The number of nitrogens with zero attached hydrogens (tertiary/aromatic N) is 4. The molecule has 0 amide bonds. The van der Waals surface area contributed by atoms with Gasteiger partial charge in [-0.3, -0.25) is 4.57 Å². The second-order valence-electron chi connectivity index (χ2n) is 7.52. The molecule has 2 fully saturated rings. The van der Waals surface area contributed by atoms with E-state index in [1.54, 1.807) is 18.3 Å². The molecule has 6 nitrogen and oxygen atoms in total. The molecule has 27 heavy (non-hydrogen) atoms. The van der Waals surface area contributed by atoms with Crippen molar-refractivity contribution < 1.29 is 4.39 Å². The minimum Gasteiger partial charge on any atom is -0.351 e. The largest absolute Gasteiger partial charge is 0.351 e. The van der Waals surface area contributed by atoms with Gasteiger partial charge in [-0.2, -0.15) is 4.98 Å². The number of hydrogen-bond acceptors (Lipinski definition) is 5. The van der Waals surface area contributed by atoms with Crippen molar-refractivity contribution in [3.8, 4) is 0 Å². The summed E-state index contributed by atoms with van der Waals surface area (Å²) in [7, 11) is 0. The summed E-state index contributed by atoms with van der Waals surface area (Å²) in [6.45, 7) is 0. The smallest absolute Gasteiger partial charge is 0.224 e. The fourth-order valence-electron chi connectivity index (χ4n) is 3.98. The summed E-state index contributed by atoms with van der Waals surface area (Å²) in [4.78, 5) is 13.9. The molecule has 1 aromatic carbocycles. The highest BCUT2D eigenvalue weighted by Gasteiger charge is 2.25. The predicted molar refractivity (Wildman–Crippen MR) is 104 cm³/mol. The molecule has 7 heteroatoms. The average molecular weight is 366 g/mol. The van der Waals surface area contributed by atoms with Crippen LogP contribution in [0.2, 0.25) is 0 Å². The van der Waals surface area contributed by atoms with Gasteiger partial charge < -0.3 is 10.6 Å². The van der Waals surface area contributed by atoms with Gasteiger partial charge in [-0.15, -0.1) is 0 Å². The number of imidazole rings is 1. The van der Waals surface area contributed by atoms with Gasteiger partial charge in [0.15, 0.2) is 5.65 Å². The van der Waals surface area contributed by atoms with E-state index >= 15 is 0 Å². The topological polar surface area (TPSA) is 67.7 Å². The molecule has 0 unspecified atom stereocenters. The summed E-state index contributed by atoms with van der Waals surface area (Å²) < 4.78 is 16.3. The minimum atomic E-state index is -0.291. The van der Waals surface area contributed by atoms with E-state index in [0.29, 0.717) is 29.7 Å². The number of fused-ring (bicyclic) bond motifs is 1. The standard InChI is InChI=1S/C20H23FN6/c21-15-10-3-4-11-16(15)24-20-25-17-12-22-19(23-13-6-5-7-13)26-18(17)27(20)14-8-1-2-9-14/h3-4,10-14H,1-2,5-9H2,(H,24,25)(H,22,23,26). The Bertz CT molecular complexity index is 958. The first-order valence-electron chi connectivity index (χ1n) is 9.81. The molecule has 2 aromatic heterocycles. The Morgan fingerprint density at radius 2 is 1.81 bits per heavy atom. The minimum absolute atomic E-state index is 0.291. The van der Waals surface area contributed by atoms with Gasteiger partial charge in [-0.05, 0) is 44.2 Å². The Labute approximate surface area is 157 Å². The maximum atomic E-state index is 14.2.